The first-order valence-corrected chi connectivity index (χ1v) is 5.25. The third-order valence-corrected chi connectivity index (χ3v) is 3.30. The number of benzene rings is 1. The minimum atomic E-state index is -0.687. The molecule has 1 aliphatic rings. The highest BCUT2D eigenvalue weighted by Gasteiger charge is 2.55. The maximum Gasteiger partial charge on any atom is 0.314 e. The van der Waals surface area contributed by atoms with E-state index in [-0.39, 0.29) is 5.41 Å². The van der Waals surface area contributed by atoms with Gasteiger partial charge >= 0.3 is 5.97 Å². The van der Waals surface area contributed by atoms with Crippen molar-refractivity contribution in [3.8, 4) is 0 Å². The molecule has 1 aliphatic carbocycles. The van der Waals surface area contributed by atoms with Crippen LogP contribution in [0.3, 0.4) is 0 Å². The van der Waals surface area contributed by atoms with Gasteiger partial charge in [-0.25, -0.2) is 0 Å². The van der Waals surface area contributed by atoms with Gasteiger partial charge in [-0.3, -0.25) is 4.79 Å². The number of hydrogen-bond acceptors (Lipinski definition) is 1. The summed E-state index contributed by atoms with van der Waals surface area (Å²) < 4.78 is 0. The molecule has 0 atom stereocenters. The Morgan fingerprint density at radius 2 is 1.73 bits per heavy atom. The van der Waals surface area contributed by atoms with E-state index in [4.69, 9.17) is 0 Å². The van der Waals surface area contributed by atoms with Gasteiger partial charge in [0.25, 0.3) is 0 Å². The number of carboxylic acid groups (broad SMARTS) is 1. The predicted octanol–water partition coefficient (Wildman–Crippen LogP) is 2.83. The van der Waals surface area contributed by atoms with Crippen molar-refractivity contribution >= 4 is 5.97 Å². The molecule has 0 amide bonds. The number of hydrogen-bond donors (Lipinski definition) is 1. The van der Waals surface area contributed by atoms with Crippen LogP contribution in [-0.4, -0.2) is 11.1 Å². The normalized spacial score (nSPS) is 21.7. The van der Waals surface area contributed by atoms with Gasteiger partial charge < -0.3 is 5.11 Å². The Hall–Kier alpha value is -1.31. The molecule has 1 N–H and O–H groups in total. The third kappa shape index (κ3) is 1.54. The Kier molecular flexibility index (Phi) is 2.10. The molecule has 1 aromatic carbocycles. The largest absolute Gasteiger partial charge is 0.481 e. The molecule has 2 heteroatoms. The van der Waals surface area contributed by atoms with E-state index in [9.17, 15) is 9.90 Å². The van der Waals surface area contributed by atoms with Crippen LogP contribution in [0, 0.1) is 5.41 Å². The molecule has 2 nitrogen and oxygen atoms in total. The van der Waals surface area contributed by atoms with E-state index in [2.05, 4.69) is 13.8 Å². The molecule has 0 aliphatic heterocycles. The molecule has 1 fully saturated rings. The Labute approximate surface area is 89.9 Å². The SMILES string of the molecule is CC1(C)CC(C(=O)O)(c2ccccc2)C1. The van der Waals surface area contributed by atoms with Crippen LogP contribution in [0.4, 0.5) is 0 Å². The minimum absolute atomic E-state index is 0.161. The maximum absolute atomic E-state index is 11.4. The van der Waals surface area contributed by atoms with Crippen LogP contribution in [0.5, 0.6) is 0 Å². The van der Waals surface area contributed by atoms with E-state index in [1.54, 1.807) is 0 Å². The van der Waals surface area contributed by atoms with Gasteiger partial charge in [-0.05, 0) is 23.8 Å². The van der Waals surface area contributed by atoms with Gasteiger partial charge in [-0.2, -0.15) is 0 Å². The summed E-state index contributed by atoms with van der Waals surface area (Å²) in [4.78, 5) is 11.4. The molecule has 0 aromatic heterocycles. The Morgan fingerprint density at radius 3 is 2.13 bits per heavy atom. The average molecular weight is 204 g/mol. The Morgan fingerprint density at radius 1 is 1.20 bits per heavy atom. The summed E-state index contributed by atoms with van der Waals surface area (Å²) in [6, 6.07) is 9.58. The molecule has 15 heavy (non-hydrogen) atoms. The standard InChI is InChI=1S/C13H16O2/c1-12(2)8-13(9-12,11(14)15)10-6-4-3-5-7-10/h3-7H,8-9H2,1-2H3,(H,14,15). The fourth-order valence-electron chi connectivity index (χ4n) is 2.82. The van der Waals surface area contributed by atoms with Crippen molar-refractivity contribution in [3.63, 3.8) is 0 Å². The van der Waals surface area contributed by atoms with Crippen molar-refractivity contribution in [2.24, 2.45) is 5.41 Å². The number of carbonyl (C=O) groups is 1. The van der Waals surface area contributed by atoms with Crippen molar-refractivity contribution in [1.82, 2.24) is 0 Å². The molecule has 0 heterocycles. The lowest BCUT2D eigenvalue weighted by atomic mass is 9.52. The van der Waals surface area contributed by atoms with Crippen LogP contribution >= 0.6 is 0 Å². The maximum atomic E-state index is 11.4. The summed E-state index contributed by atoms with van der Waals surface area (Å²) >= 11 is 0. The number of rotatable bonds is 2. The van der Waals surface area contributed by atoms with E-state index in [1.165, 1.54) is 0 Å². The average Bonchev–Trinajstić information content (AvgIpc) is 2.14. The molecule has 2 rings (SSSR count). The van der Waals surface area contributed by atoms with Crippen LogP contribution in [0.15, 0.2) is 30.3 Å². The van der Waals surface area contributed by atoms with Gasteiger partial charge in [0, 0.05) is 0 Å². The van der Waals surface area contributed by atoms with Crippen LogP contribution in [0.1, 0.15) is 32.3 Å². The molecule has 0 unspecified atom stereocenters. The van der Waals surface area contributed by atoms with E-state index in [0.29, 0.717) is 0 Å². The molecule has 0 spiro atoms. The molecule has 0 radical (unpaired) electrons. The monoisotopic (exact) mass is 204 g/mol. The zero-order chi connectivity index (χ0) is 11.1. The van der Waals surface area contributed by atoms with Crippen LogP contribution in [-0.2, 0) is 10.2 Å². The Bertz CT molecular complexity index is 371. The van der Waals surface area contributed by atoms with Crippen molar-refractivity contribution in [3.05, 3.63) is 35.9 Å². The van der Waals surface area contributed by atoms with Gasteiger partial charge in [0.2, 0.25) is 0 Å². The zero-order valence-corrected chi connectivity index (χ0v) is 9.16. The van der Waals surface area contributed by atoms with Gasteiger partial charge in [0.15, 0.2) is 0 Å². The highest BCUT2D eigenvalue weighted by Crippen LogP contribution is 2.55. The lowest BCUT2D eigenvalue weighted by Gasteiger charge is -2.50. The molecule has 1 aromatic rings. The van der Waals surface area contributed by atoms with Crippen LogP contribution in [0.2, 0.25) is 0 Å². The molecular formula is C13H16O2. The van der Waals surface area contributed by atoms with Crippen molar-refractivity contribution in [1.29, 1.82) is 0 Å². The summed E-state index contributed by atoms with van der Waals surface area (Å²) in [7, 11) is 0. The molecule has 0 saturated heterocycles. The highest BCUT2D eigenvalue weighted by atomic mass is 16.4. The van der Waals surface area contributed by atoms with Crippen molar-refractivity contribution < 1.29 is 9.90 Å². The van der Waals surface area contributed by atoms with Gasteiger partial charge in [-0.15, -0.1) is 0 Å². The summed E-state index contributed by atoms with van der Waals surface area (Å²) in [5, 5.41) is 9.37. The van der Waals surface area contributed by atoms with Gasteiger partial charge in [0.1, 0.15) is 0 Å². The van der Waals surface area contributed by atoms with Crippen molar-refractivity contribution in [2.45, 2.75) is 32.1 Å². The van der Waals surface area contributed by atoms with Gasteiger partial charge in [0.05, 0.1) is 5.41 Å². The topological polar surface area (TPSA) is 37.3 Å². The van der Waals surface area contributed by atoms with E-state index in [1.807, 2.05) is 30.3 Å². The van der Waals surface area contributed by atoms with E-state index in [0.717, 1.165) is 18.4 Å². The molecule has 0 bridgehead atoms. The second-order valence-corrected chi connectivity index (χ2v) is 5.27. The summed E-state index contributed by atoms with van der Waals surface area (Å²) in [5.74, 6) is -0.687. The van der Waals surface area contributed by atoms with Gasteiger partial charge in [-0.1, -0.05) is 44.2 Å². The minimum Gasteiger partial charge on any atom is -0.481 e. The molecular weight excluding hydrogens is 188 g/mol. The highest BCUT2D eigenvalue weighted by molar-refractivity contribution is 5.83. The first-order chi connectivity index (χ1) is 6.96. The van der Waals surface area contributed by atoms with Crippen molar-refractivity contribution in [2.75, 3.05) is 0 Å². The second kappa shape index (κ2) is 3.09. The third-order valence-electron chi connectivity index (χ3n) is 3.30. The second-order valence-electron chi connectivity index (χ2n) is 5.27. The van der Waals surface area contributed by atoms with Crippen LogP contribution < -0.4 is 0 Å². The van der Waals surface area contributed by atoms with Crippen LogP contribution in [0.25, 0.3) is 0 Å². The quantitative estimate of drug-likeness (QED) is 0.804. The fourth-order valence-corrected chi connectivity index (χ4v) is 2.82. The zero-order valence-electron chi connectivity index (χ0n) is 9.16. The Balaban J connectivity index is 2.36. The predicted molar refractivity (Wildman–Crippen MR) is 58.8 cm³/mol. The smallest absolute Gasteiger partial charge is 0.314 e. The first kappa shape index (κ1) is 10.2. The first-order valence-electron chi connectivity index (χ1n) is 5.25. The lowest BCUT2D eigenvalue weighted by Crippen LogP contribution is -2.52. The molecule has 80 valence electrons. The fraction of sp³-hybridized carbons (Fsp3) is 0.462. The number of carboxylic acids is 1. The lowest BCUT2D eigenvalue weighted by molar-refractivity contribution is -0.153. The van der Waals surface area contributed by atoms with E-state index < -0.39 is 11.4 Å². The number of aliphatic carboxylic acids is 1. The van der Waals surface area contributed by atoms with E-state index >= 15 is 0 Å². The summed E-state index contributed by atoms with van der Waals surface area (Å²) in [6.07, 6.45) is 1.47. The summed E-state index contributed by atoms with van der Waals surface area (Å²) in [6.45, 7) is 4.24. The summed E-state index contributed by atoms with van der Waals surface area (Å²) in [5.41, 5.74) is 0.468. The molecule has 1 saturated carbocycles.